The predicted molar refractivity (Wildman–Crippen MR) is 238 cm³/mol. The molecule has 0 radical (unpaired) electrons. The summed E-state index contributed by atoms with van der Waals surface area (Å²) in [5.41, 5.74) is 3.31. The van der Waals surface area contributed by atoms with E-state index in [1.807, 2.05) is 0 Å². The zero-order valence-electron chi connectivity index (χ0n) is 37.7. The highest BCUT2D eigenvalue weighted by Gasteiger charge is 2.25. The minimum Gasteiger partial charge on any atom is -0.439 e. The van der Waals surface area contributed by atoms with E-state index in [-0.39, 0.29) is 0 Å². The van der Waals surface area contributed by atoms with Gasteiger partial charge in [0.2, 0.25) is 11.5 Å². The summed E-state index contributed by atoms with van der Waals surface area (Å²) in [5, 5.41) is 0. The molecule has 3 aromatic rings. The maximum atomic E-state index is 8.49. The molecule has 60 heavy (non-hydrogen) atoms. The number of oxazole rings is 1. The molecule has 0 spiro atoms. The average molecular weight is 854 g/mol. The molecule has 0 aliphatic carbocycles. The molecule has 4 rings (SSSR count). The van der Waals surface area contributed by atoms with Gasteiger partial charge < -0.3 is 14.1 Å². The van der Waals surface area contributed by atoms with E-state index in [1.54, 1.807) is 0 Å². The van der Waals surface area contributed by atoms with Gasteiger partial charge in [0.25, 0.3) is 5.52 Å². The van der Waals surface area contributed by atoms with Gasteiger partial charge in [-0.1, -0.05) is 211 Å². The predicted octanol–water partition coefficient (Wildman–Crippen LogP) is 11.5. The summed E-state index contributed by atoms with van der Waals surface area (Å²) in [5.74, 6) is 2.77. The molecule has 8 nitrogen and oxygen atoms in total. The van der Waals surface area contributed by atoms with Crippen molar-refractivity contribution in [3.63, 3.8) is 0 Å². The summed E-state index contributed by atoms with van der Waals surface area (Å²) in [7, 11) is -4.94. The lowest BCUT2D eigenvalue weighted by Gasteiger charge is -2.18. The Balaban J connectivity index is 0.00000181. The van der Waals surface area contributed by atoms with Gasteiger partial charge in [0.1, 0.15) is 0 Å². The Morgan fingerprint density at radius 1 is 0.533 bits per heavy atom. The van der Waals surface area contributed by atoms with Gasteiger partial charge in [-0.3, -0.25) is 0 Å². The van der Waals surface area contributed by atoms with Crippen molar-refractivity contribution in [2.24, 2.45) is 0 Å². The van der Waals surface area contributed by atoms with Crippen LogP contribution in [-0.2, 0) is 6.54 Å². The summed E-state index contributed by atoms with van der Waals surface area (Å²) < 4.78 is 49.1. The Labute approximate surface area is 366 Å². The zero-order valence-corrected chi connectivity index (χ0v) is 38.5. The van der Waals surface area contributed by atoms with Crippen LogP contribution in [0.2, 0.25) is 0 Å². The van der Waals surface area contributed by atoms with Gasteiger partial charge >= 0.3 is 5.89 Å². The molecule has 2 aromatic carbocycles. The van der Waals surface area contributed by atoms with Crippen LogP contribution in [0, 0.1) is 10.2 Å². The average Bonchev–Trinajstić information content (AvgIpc) is 3.77. The van der Waals surface area contributed by atoms with Crippen LogP contribution >= 0.6 is 0 Å². The third-order valence-electron chi connectivity index (χ3n) is 11.7. The second kappa shape index (κ2) is 32.8. The molecule has 0 N–H and O–H groups in total. The van der Waals surface area contributed by atoms with Crippen LogP contribution in [0.5, 0.6) is 5.75 Å². The standard InChI is InChI=1S/C51H81N2O2.ClHO4/c1-3-5-7-9-11-13-15-17-19-21-23-25-27-29-35-44-52-46-38-31-33-40-48(46)54-50(52)42-37-43-51-53(47-39-32-34-41-49(47)55-51)45-36-30-28-26-24-22-20-18-16-14-12-10-8-6-4-2;2-1(3,4)5/h31-34,37-43H,3-30,35-36,44-45H2,1-2H3;(H,2,3,4,5)/q+1;/p-1. The molecular formula is C51H81ClN2O6. The molecule has 1 aliphatic rings. The number of aromatic nitrogens is 1. The normalized spacial score (nSPS) is 13.4. The number of halogens is 1. The van der Waals surface area contributed by atoms with Crippen LogP contribution in [0.4, 0.5) is 5.69 Å². The van der Waals surface area contributed by atoms with E-state index in [0.29, 0.717) is 0 Å². The molecule has 0 amide bonds. The van der Waals surface area contributed by atoms with Gasteiger partial charge in [-0.25, -0.2) is 18.6 Å². The summed E-state index contributed by atoms with van der Waals surface area (Å²) in [6.45, 7) is 6.57. The van der Waals surface area contributed by atoms with Crippen LogP contribution < -0.4 is 32.8 Å². The zero-order chi connectivity index (χ0) is 42.9. The fourth-order valence-corrected chi connectivity index (χ4v) is 8.31. The Bertz CT molecular complexity index is 1560. The van der Waals surface area contributed by atoms with Gasteiger partial charge in [0, 0.05) is 19.0 Å². The third kappa shape index (κ3) is 23.4. The van der Waals surface area contributed by atoms with Crippen molar-refractivity contribution < 1.29 is 42.6 Å². The molecule has 0 unspecified atom stereocenters. The number of allylic oxidation sites excluding steroid dienone is 2. The molecule has 2 heterocycles. The Morgan fingerprint density at radius 3 is 1.45 bits per heavy atom. The minimum atomic E-state index is -4.94. The van der Waals surface area contributed by atoms with Crippen LogP contribution in [0.15, 0.2) is 71.0 Å². The van der Waals surface area contributed by atoms with Crippen molar-refractivity contribution in [1.29, 1.82) is 0 Å². The highest BCUT2D eigenvalue weighted by Crippen LogP contribution is 2.39. The van der Waals surface area contributed by atoms with E-state index < -0.39 is 10.2 Å². The van der Waals surface area contributed by atoms with E-state index in [2.05, 4.69) is 90.1 Å². The number of benzene rings is 2. The summed E-state index contributed by atoms with van der Waals surface area (Å²) in [6.07, 6.45) is 47.9. The number of fused-ring (bicyclic) bond motifs is 2. The minimum absolute atomic E-state index is 0.910. The van der Waals surface area contributed by atoms with Crippen molar-refractivity contribution in [3.8, 4) is 5.75 Å². The van der Waals surface area contributed by atoms with Gasteiger partial charge in [-0.05, 0) is 43.2 Å². The molecular weight excluding hydrogens is 772 g/mol. The van der Waals surface area contributed by atoms with E-state index in [0.717, 1.165) is 36.2 Å². The fraction of sp³-hybridized carbons (Fsp3) is 0.667. The molecule has 1 aliphatic heterocycles. The highest BCUT2D eigenvalue weighted by molar-refractivity contribution is 5.70. The summed E-state index contributed by atoms with van der Waals surface area (Å²) >= 11 is 0. The van der Waals surface area contributed by atoms with Gasteiger partial charge in [-0.15, -0.1) is 10.2 Å². The third-order valence-corrected chi connectivity index (χ3v) is 11.7. The van der Waals surface area contributed by atoms with E-state index in [4.69, 9.17) is 27.8 Å². The van der Waals surface area contributed by atoms with Gasteiger partial charge in [-0.2, -0.15) is 4.57 Å². The van der Waals surface area contributed by atoms with Crippen molar-refractivity contribution >= 4 is 22.9 Å². The first-order chi connectivity index (χ1) is 29.3. The molecule has 338 valence electrons. The lowest BCUT2D eigenvalue weighted by molar-refractivity contribution is -2.00. The number of hydrogen-bond donors (Lipinski definition) is 0. The second-order valence-electron chi connectivity index (χ2n) is 16.9. The quantitative estimate of drug-likeness (QED) is 0.0433. The molecule has 0 atom stereocenters. The number of aryl methyl sites for hydroxylation is 1. The van der Waals surface area contributed by atoms with Gasteiger partial charge in [0.15, 0.2) is 12.3 Å². The van der Waals surface area contributed by atoms with Crippen molar-refractivity contribution in [1.82, 2.24) is 0 Å². The van der Waals surface area contributed by atoms with Crippen molar-refractivity contribution in [3.05, 3.63) is 72.5 Å². The maximum Gasteiger partial charge on any atom is 0.374 e. The van der Waals surface area contributed by atoms with Crippen molar-refractivity contribution in [2.45, 2.75) is 213 Å². The van der Waals surface area contributed by atoms with E-state index >= 15 is 0 Å². The molecule has 0 bridgehead atoms. The monoisotopic (exact) mass is 853 g/mol. The van der Waals surface area contributed by atoms with Crippen molar-refractivity contribution in [2.75, 3.05) is 11.4 Å². The van der Waals surface area contributed by atoms with Gasteiger partial charge in [0.05, 0.1) is 11.8 Å². The number of hydrogen-bond acceptors (Lipinski definition) is 7. The fourth-order valence-electron chi connectivity index (χ4n) is 8.31. The SMILES string of the molecule is CCCCCCCCCCCCCCCCCN1/C(=C/C=C/c2oc3ccccc3[n+]2CCCCCCCCCCCCCCCCC)Oc2ccccc21.[O-][Cl+3]([O-])([O-])[O-]. The first kappa shape index (κ1) is 51.5. The highest BCUT2D eigenvalue weighted by atomic mass is 35.7. The molecule has 0 saturated heterocycles. The summed E-state index contributed by atoms with van der Waals surface area (Å²) in [4.78, 5) is 2.37. The number of anilines is 1. The first-order valence-corrected chi connectivity index (χ1v) is 25.5. The molecule has 9 heteroatoms. The summed E-state index contributed by atoms with van der Waals surface area (Å²) in [6, 6.07) is 16.9. The lowest BCUT2D eigenvalue weighted by atomic mass is 10.0. The first-order valence-electron chi connectivity index (χ1n) is 24.3. The number of ether oxygens (including phenoxy) is 1. The largest absolute Gasteiger partial charge is 0.439 e. The topological polar surface area (TPSA) is 122 Å². The van der Waals surface area contributed by atoms with Crippen LogP contribution in [0.3, 0.4) is 0 Å². The number of nitrogens with zero attached hydrogens (tertiary/aromatic N) is 2. The molecule has 1 aromatic heterocycles. The van der Waals surface area contributed by atoms with E-state index in [9.17, 15) is 0 Å². The number of para-hydroxylation sites is 4. The number of unbranched alkanes of at least 4 members (excludes halogenated alkanes) is 28. The van der Waals surface area contributed by atoms with Crippen LogP contribution in [0.25, 0.3) is 17.2 Å². The molecule has 0 fully saturated rings. The number of rotatable bonds is 34. The Kier molecular flexibility index (Phi) is 28.1. The Hall–Kier alpha value is -2.88. The van der Waals surface area contributed by atoms with Crippen LogP contribution in [0.1, 0.15) is 212 Å². The lowest BCUT2D eigenvalue weighted by Crippen LogP contribution is -2.68. The van der Waals surface area contributed by atoms with E-state index in [1.165, 1.54) is 204 Å². The molecule has 0 saturated carbocycles. The smallest absolute Gasteiger partial charge is 0.374 e. The Morgan fingerprint density at radius 2 is 0.950 bits per heavy atom. The second-order valence-corrected chi connectivity index (χ2v) is 17.7. The maximum absolute atomic E-state index is 8.49. The van der Waals surface area contributed by atoms with Crippen LogP contribution in [-0.4, -0.2) is 6.54 Å².